The number of hydrogen-bond acceptors (Lipinski definition) is 4. The third-order valence-electron chi connectivity index (χ3n) is 3.36. The van der Waals surface area contributed by atoms with Crippen LogP contribution in [0.25, 0.3) is 10.6 Å². The molecule has 1 amide bonds. The molecule has 3 rings (SSSR count). The molecular formula is C16H14N2O2S. The van der Waals surface area contributed by atoms with Crippen LogP contribution in [0.4, 0.5) is 5.69 Å². The van der Waals surface area contributed by atoms with E-state index in [1.165, 1.54) is 0 Å². The Hall–Kier alpha value is -2.40. The Morgan fingerprint density at radius 3 is 2.86 bits per heavy atom. The van der Waals surface area contributed by atoms with Crippen LogP contribution >= 0.6 is 11.3 Å². The number of hydrogen-bond donors (Lipinski definition) is 1. The van der Waals surface area contributed by atoms with Gasteiger partial charge in [-0.25, -0.2) is 0 Å². The van der Waals surface area contributed by atoms with Gasteiger partial charge in [-0.1, -0.05) is 23.4 Å². The number of thiophene rings is 1. The molecule has 0 aliphatic heterocycles. The number of nitrogens with one attached hydrogen (secondary N) is 1. The first-order chi connectivity index (χ1) is 10.1. The zero-order valence-corrected chi connectivity index (χ0v) is 12.5. The molecular weight excluding hydrogens is 284 g/mol. The van der Waals surface area contributed by atoms with Crippen LogP contribution in [0.1, 0.15) is 21.6 Å². The van der Waals surface area contributed by atoms with Gasteiger partial charge in [0, 0.05) is 11.8 Å². The number of nitrogens with zero attached hydrogens (tertiary/aromatic N) is 1. The molecule has 5 heteroatoms. The van der Waals surface area contributed by atoms with Gasteiger partial charge in [0.2, 0.25) is 0 Å². The van der Waals surface area contributed by atoms with Gasteiger partial charge >= 0.3 is 0 Å². The fourth-order valence-corrected chi connectivity index (χ4v) is 2.66. The molecule has 4 nitrogen and oxygen atoms in total. The topological polar surface area (TPSA) is 55.1 Å². The number of benzene rings is 1. The lowest BCUT2D eigenvalue weighted by Gasteiger charge is -2.08. The summed E-state index contributed by atoms with van der Waals surface area (Å²) in [7, 11) is 0. The molecule has 0 saturated heterocycles. The van der Waals surface area contributed by atoms with Crippen molar-refractivity contribution in [1.29, 1.82) is 0 Å². The first kappa shape index (κ1) is 13.6. The molecule has 2 aromatic heterocycles. The van der Waals surface area contributed by atoms with Gasteiger partial charge in [-0.05, 0) is 42.5 Å². The Morgan fingerprint density at radius 2 is 2.10 bits per heavy atom. The molecule has 106 valence electrons. The van der Waals surface area contributed by atoms with Gasteiger partial charge in [-0.2, -0.15) is 0 Å². The smallest absolute Gasteiger partial charge is 0.277 e. The molecule has 0 spiro atoms. The SMILES string of the molecule is Cc1cccc(NC(=O)c2cc(-c3cccs3)on2)c1C. The summed E-state index contributed by atoms with van der Waals surface area (Å²) in [6, 6.07) is 11.3. The summed E-state index contributed by atoms with van der Waals surface area (Å²) in [6.45, 7) is 3.99. The highest BCUT2D eigenvalue weighted by atomic mass is 32.1. The Morgan fingerprint density at radius 1 is 1.24 bits per heavy atom. The van der Waals surface area contributed by atoms with E-state index < -0.39 is 0 Å². The number of carbonyl (C=O) groups excluding carboxylic acids is 1. The first-order valence-corrected chi connectivity index (χ1v) is 7.41. The van der Waals surface area contributed by atoms with E-state index in [9.17, 15) is 4.79 Å². The molecule has 1 N–H and O–H groups in total. The minimum atomic E-state index is -0.268. The number of aryl methyl sites for hydroxylation is 1. The van der Waals surface area contributed by atoms with Crippen molar-refractivity contribution in [2.45, 2.75) is 13.8 Å². The van der Waals surface area contributed by atoms with Crippen LogP contribution in [0, 0.1) is 13.8 Å². The maximum absolute atomic E-state index is 12.2. The Labute approximate surface area is 126 Å². The number of amides is 1. The summed E-state index contributed by atoms with van der Waals surface area (Å²) in [4.78, 5) is 13.2. The van der Waals surface area contributed by atoms with Crippen LogP contribution in [0.15, 0.2) is 46.3 Å². The van der Waals surface area contributed by atoms with Gasteiger partial charge in [-0.3, -0.25) is 4.79 Å². The van der Waals surface area contributed by atoms with Gasteiger partial charge in [0.1, 0.15) is 0 Å². The van der Waals surface area contributed by atoms with E-state index in [-0.39, 0.29) is 11.6 Å². The second kappa shape index (κ2) is 5.54. The highest BCUT2D eigenvalue weighted by molar-refractivity contribution is 7.13. The molecule has 0 aliphatic carbocycles. The van der Waals surface area contributed by atoms with Gasteiger partial charge in [-0.15, -0.1) is 11.3 Å². The maximum Gasteiger partial charge on any atom is 0.277 e. The summed E-state index contributed by atoms with van der Waals surface area (Å²) in [5.74, 6) is 0.339. The second-order valence-corrected chi connectivity index (χ2v) is 5.70. The predicted octanol–water partition coefficient (Wildman–Crippen LogP) is 4.27. The average molecular weight is 298 g/mol. The maximum atomic E-state index is 12.2. The fourth-order valence-electron chi connectivity index (χ4n) is 1.99. The quantitative estimate of drug-likeness (QED) is 0.785. The molecule has 21 heavy (non-hydrogen) atoms. The lowest BCUT2D eigenvalue weighted by atomic mass is 10.1. The van der Waals surface area contributed by atoms with Gasteiger partial charge in [0.05, 0.1) is 4.88 Å². The molecule has 0 saturated carbocycles. The molecule has 2 heterocycles. The zero-order valence-electron chi connectivity index (χ0n) is 11.7. The van der Waals surface area contributed by atoms with Crippen molar-refractivity contribution in [3.05, 3.63) is 58.6 Å². The summed E-state index contributed by atoms with van der Waals surface area (Å²) in [5, 5.41) is 8.66. The number of aromatic nitrogens is 1. The Bertz CT molecular complexity index is 775. The van der Waals surface area contributed by atoms with Crippen molar-refractivity contribution in [2.75, 3.05) is 5.32 Å². The van der Waals surface area contributed by atoms with Crippen LogP contribution in [0.5, 0.6) is 0 Å². The van der Waals surface area contributed by atoms with Crippen LogP contribution in [-0.4, -0.2) is 11.1 Å². The largest absolute Gasteiger partial charge is 0.355 e. The lowest BCUT2D eigenvalue weighted by Crippen LogP contribution is -2.13. The summed E-state index contributed by atoms with van der Waals surface area (Å²) in [5.41, 5.74) is 3.25. The number of carbonyl (C=O) groups is 1. The summed E-state index contributed by atoms with van der Waals surface area (Å²) >= 11 is 1.54. The van der Waals surface area contributed by atoms with E-state index in [0.29, 0.717) is 5.76 Å². The summed E-state index contributed by atoms with van der Waals surface area (Å²) < 4.78 is 5.22. The summed E-state index contributed by atoms with van der Waals surface area (Å²) in [6.07, 6.45) is 0. The first-order valence-electron chi connectivity index (χ1n) is 6.53. The fraction of sp³-hybridized carbons (Fsp3) is 0.125. The molecule has 0 atom stereocenters. The average Bonchev–Trinajstić information content (AvgIpc) is 3.13. The molecule has 3 aromatic rings. The highest BCUT2D eigenvalue weighted by Crippen LogP contribution is 2.25. The van der Waals surface area contributed by atoms with E-state index in [0.717, 1.165) is 21.7 Å². The molecule has 0 bridgehead atoms. The minimum absolute atomic E-state index is 0.268. The van der Waals surface area contributed by atoms with Gasteiger partial charge in [0.15, 0.2) is 11.5 Å². The van der Waals surface area contributed by atoms with E-state index in [1.54, 1.807) is 17.4 Å². The van der Waals surface area contributed by atoms with Crippen LogP contribution in [-0.2, 0) is 0 Å². The van der Waals surface area contributed by atoms with Crippen LogP contribution in [0.3, 0.4) is 0 Å². The van der Waals surface area contributed by atoms with Crippen molar-refractivity contribution in [2.24, 2.45) is 0 Å². The van der Waals surface area contributed by atoms with E-state index in [2.05, 4.69) is 10.5 Å². The molecule has 0 unspecified atom stereocenters. The van der Waals surface area contributed by atoms with Crippen LogP contribution < -0.4 is 5.32 Å². The minimum Gasteiger partial charge on any atom is -0.355 e. The molecule has 1 aromatic carbocycles. The number of anilines is 1. The molecule has 0 radical (unpaired) electrons. The van der Waals surface area contributed by atoms with Crippen LogP contribution in [0.2, 0.25) is 0 Å². The predicted molar refractivity (Wildman–Crippen MR) is 83.7 cm³/mol. The van der Waals surface area contributed by atoms with E-state index in [1.807, 2.05) is 49.6 Å². The third kappa shape index (κ3) is 2.73. The highest BCUT2D eigenvalue weighted by Gasteiger charge is 2.15. The standard InChI is InChI=1S/C16H14N2O2S/c1-10-5-3-6-12(11(10)2)17-16(19)13-9-14(20-18-13)15-7-4-8-21-15/h3-9H,1-2H3,(H,17,19). The monoisotopic (exact) mass is 298 g/mol. The molecule has 0 aliphatic rings. The third-order valence-corrected chi connectivity index (χ3v) is 4.24. The Kier molecular flexibility index (Phi) is 3.58. The Balaban J connectivity index is 1.81. The van der Waals surface area contributed by atoms with Crippen molar-refractivity contribution >= 4 is 22.9 Å². The van der Waals surface area contributed by atoms with E-state index in [4.69, 9.17) is 4.52 Å². The van der Waals surface area contributed by atoms with Crippen molar-refractivity contribution < 1.29 is 9.32 Å². The molecule has 0 fully saturated rings. The van der Waals surface area contributed by atoms with Crippen molar-refractivity contribution in [1.82, 2.24) is 5.16 Å². The second-order valence-electron chi connectivity index (χ2n) is 4.76. The van der Waals surface area contributed by atoms with E-state index >= 15 is 0 Å². The zero-order chi connectivity index (χ0) is 14.8. The van der Waals surface area contributed by atoms with Crippen molar-refractivity contribution in [3.8, 4) is 10.6 Å². The van der Waals surface area contributed by atoms with Gasteiger partial charge < -0.3 is 9.84 Å². The van der Waals surface area contributed by atoms with Crippen molar-refractivity contribution in [3.63, 3.8) is 0 Å². The lowest BCUT2D eigenvalue weighted by molar-refractivity contribution is 0.101. The number of rotatable bonds is 3. The normalized spacial score (nSPS) is 10.6. The van der Waals surface area contributed by atoms with Gasteiger partial charge in [0.25, 0.3) is 5.91 Å².